The van der Waals surface area contributed by atoms with E-state index in [4.69, 9.17) is 4.42 Å². The van der Waals surface area contributed by atoms with Gasteiger partial charge in [0.05, 0.1) is 6.20 Å². The molecule has 0 radical (unpaired) electrons. The largest absolute Gasteiger partial charge is 0.445 e. The Morgan fingerprint density at radius 3 is 2.82 bits per heavy atom. The monoisotopic (exact) mass is 232 g/mol. The molecule has 2 unspecified atom stereocenters. The molecular weight excluding hydrogens is 212 g/mol. The normalized spacial score (nSPS) is 34.9. The second-order valence-corrected chi connectivity index (χ2v) is 5.92. The molecule has 0 spiro atoms. The molecule has 17 heavy (non-hydrogen) atoms. The Morgan fingerprint density at radius 2 is 2.06 bits per heavy atom. The zero-order chi connectivity index (χ0) is 11.2. The first kappa shape index (κ1) is 10.1. The van der Waals surface area contributed by atoms with Crippen LogP contribution in [0, 0.1) is 11.8 Å². The number of rotatable bonds is 5. The van der Waals surface area contributed by atoms with E-state index < -0.39 is 0 Å². The van der Waals surface area contributed by atoms with Gasteiger partial charge in [0.1, 0.15) is 5.76 Å². The molecule has 1 aromatic heterocycles. The van der Waals surface area contributed by atoms with Crippen molar-refractivity contribution >= 4 is 0 Å². The molecule has 2 atom stereocenters. The van der Waals surface area contributed by atoms with E-state index in [1.807, 2.05) is 6.20 Å². The van der Waals surface area contributed by atoms with Crippen molar-refractivity contribution in [1.29, 1.82) is 0 Å². The van der Waals surface area contributed by atoms with Gasteiger partial charge in [0.2, 0.25) is 0 Å². The third-order valence-corrected chi connectivity index (χ3v) is 4.66. The van der Waals surface area contributed by atoms with Gasteiger partial charge in [-0.1, -0.05) is 6.42 Å². The van der Waals surface area contributed by atoms with Crippen LogP contribution in [0.25, 0.3) is 0 Å². The smallest absolute Gasteiger partial charge is 0.195 e. The molecular formula is C14H20N2O. The molecule has 1 N–H and O–H groups in total. The van der Waals surface area contributed by atoms with E-state index in [0.717, 1.165) is 42.7 Å². The fourth-order valence-corrected chi connectivity index (χ4v) is 3.51. The summed E-state index contributed by atoms with van der Waals surface area (Å²) in [6.07, 6.45) is 9.87. The van der Waals surface area contributed by atoms with Crippen molar-refractivity contribution in [3.63, 3.8) is 0 Å². The number of nitrogens with one attached hydrogen (secondary N) is 1. The third kappa shape index (κ3) is 1.90. The topological polar surface area (TPSA) is 38.1 Å². The number of nitrogens with zero attached hydrogens (tertiary/aromatic N) is 1. The van der Waals surface area contributed by atoms with Crippen molar-refractivity contribution in [3.8, 4) is 0 Å². The Hall–Kier alpha value is -0.830. The van der Waals surface area contributed by atoms with Crippen LogP contribution in [0.15, 0.2) is 10.6 Å². The highest BCUT2D eigenvalue weighted by atomic mass is 16.4. The minimum atomic E-state index is 0.724. The van der Waals surface area contributed by atoms with Gasteiger partial charge in [-0.2, -0.15) is 0 Å². The quantitative estimate of drug-likeness (QED) is 0.847. The Balaban J connectivity index is 1.33. The standard InChI is InChI=1S/C14H20N2O/c1-2-10-11(3-1)14(10)12-8-16-13(17-12)6-7-15-9-4-5-9/h8-11,14-15H,1-7H2. The number of aromatic nitrogens is 1. The van der Waals surface area contributed by atoms with Gasteiger partial charge in [0.25, 0.3) is 0 Å². The predicted octanol–water partition coefficient (Wildman–Crippen LogP) is 2.48. The van der Waals surface area contributed by atoms with Crippen LogP contribution < -0.4 is 5.32 Å². The lowest BCUT2D eigenvalue weighted by Crippen LogP contribution is -2.19. The number of hydrogen-bond donors (Lipinski definition) is 1. The van der Waals surface area contributed by atoms with Gasteiger partial charge < -0.3 is 9.73 Å². The Morgan fingerprint density at radius 1 is 1.24 bits per heavy atom. The summed E-state index contributed by atoms with van der Waals surface area (Å²) in [6.45, 7) is 1.02. The van der Waals surface area contributed by atoms with Gasteiger partial charge in [-0.15, -0.1) is 0 Å². The maximum absolute atomic E-state index is 5.90. The number of fused-ring (bicyclic) bond motifs is 1. The Kier molecular flexibility index (Phi) is 2.29. The second kappa shape index (κ2) is 3.84. The van der Waals surface area contributed by atoms with Crippen LogP contribution in [-0.4, -0.2) is 17.6 Å². The molecule has 3 saturated carbocycles. The Bertz CT molecular complexity index is 400. The minimum absolute atomic E-state index is 0.724. The Labute approximate surface area is 102 Å². The van der Waals surface area contributed by atoms with Crippen LogP contribution in [0.1, 0.15) is 49.7 Å². The SMILES string of the molecule is c1nc(CCNC2CC2)oc1C1C2CCCC21. The molecule has 1 heterocycles. The van der Waals surface area contributed by atoms with Gasteiger partial charge in [-0.25, -0.2) is 4.98 Å². The van der Waals surface area contributed by atoms with Crippen molar-refractivity contribution in [2.24, 2.45) is 11.8 Å². The lowest BCUT2D eigenvalue weighted by atomic mass is 10.1. The van der Waals surface area contributed by atoms with Crippen LogP contribution >= 0.6 is 0 Å². The van der Waals surface area contributed by atoms with Gasteiger partial charge in [-0.05, 0) is 37.5 Å². The fraction of sp³-hybridized carbons (Fsp3) is 0.786. The first-order valence-electron chi connectivity index (χ1n) is 7.10. The molecule has 1 aromatic rings. The van der Waals surface area contributed by atoms with E-state index in [0.29, 0.717) is 0 Å². The molecule has 3 fully saturated rings. The van der Waals surface area contributed by atoms with Crippen molar-refractivity contribution in [1.82, 2.24) is 10.3 Å². The highest BCUT2D eigenvalue weighted by molar-refractivity contribution is 5.19. The summed E-state index contributed by atoms with van der Waals surface area (Å²) in [4.78, 5) is 4.42. The first-order valence-corrected chi connectivity index (χ1v) is 7.10. The van der Waals surface area contributed by atoms with Crippen LogP contribution in [-0.2, 0) is 6.42 Å². The summed E-state index contributed by atoms with van der Waals surface area (Å²) < 4.78 is 5.90. The van der Waals surface area contributed by atoms with E-state index >= 15 is 0 Å². The molecule has 3 nitrogen and oxygen atoms in total. The lowest BCUT2D eigenvalue weighted by molar-refractivity contribution is 0.434. The van der Waals surface area contributed by atoms with Crippen molar-refractivity contribution < 1.29 is 4.42 Å². The second-order valence-electron chi connectivity index (χ2n) is 5.92. The molecule has 4 rings (SSSR count). The van der Waals surface area contributed by atoms with Crippen molar-refractivity contribution in [2.45, 2.75) is 50.5 Å². The average Bonchev–Trinajstić information content (AvgIpc) is 3.17. The maximum Gasteiger partial charge on any atom is 0.195 e. The molecule has 3 aliphatic carbocycles. The number of oxazole rings is 1. The van der Waals surface area contributed by atoms with Crippen LogP contribution in [0.5, 0.6) is 0 Å². The van der Waals surface area contributed by atoms with Crippen molar-refractivity contribution in [3.05, 3.63) is 17.8 Å². The highest BCUT2D eigenvalue weighted by Crippen LogP contribution is 2.63. The van der Waals surface area contributed by atoms with E-state index in [9.17, 15) is 0 Å². The molecule has 0 bridgehead atoms. The fourth-order valence-electron chi connectivity index (χ4n) is 3.51. The summed E-state index contributed by atoms with van der Waals surface area (Å²) >= 11 is 0. The molecule has 92 valence electrons. The zero-order valence-electron chi connectivity index (χ0n) is 10.2. The number of hydrogen-bond acceptors (Lipinski definition) is 3. The first-order chi connectivity index (χ1) is 8.42. The highest BCUT2D eigenvalue weighted by Gasteiger charge is 2.54. The third-order valence-electron chi connectivity index (χ3n) is 4.66. The van der Waals surface area contributed by atoms with Crippen molar-refractivity contribution in [2.75, 3.05) is 6.54 Å². The molecule has 0 saturated heterocycles. The summed E-state index contributed by atoms with van der Waals surface area (Å²) in [5.74, 6) is 4.68. The van der Waals surface area contributed by atoms with Gasteiger partial charge >= 0.3 is 0 Å². The van der Waals surface area contributed by atoms with Crippen LogP contribution in [0.2, 0.25) is 0 Å². The van der Waals surface area contributed by atoms with Gasteiger partial charge in [-0.3, -0.25) is 0 Å². The summed E-state index contributed by atoms with van der Waals surface area (Å²) in [5.41, 5.74) is 0. The van der Waals surface area contributed by atoms with Gasteiger partial charge in [0.15, 0.2) is 5.89 Å². The summed E-state index contributed by atoms with van der Waals surface area (Å²) in [5, 5.41) is 3.50. The molecule has 3 heteroatoms. The molecule has 3 aliphatic rings. The van der Waals surface area contributed by atoms with Crippen LogP contribution in [0.4, 0.5) is 0 Å². The minimum Gasteiger partial charge on any atom is -0.445 e. The molecule has 0 aromatic carbocycles. The lowest BCUT2D eigenvalue weighted by Gasteiger charge is -1.99. The van der Waals surface area contributed by atoms with Gasteiger partial charge in [0, 0.05) is 24.9 Å². The molecule has 0 aliphatic heterocycles. The molecule has 0 amide bonds. The summed E-state index contributed by atoms with van der Waals surface area (Å²) in [7, 11) is 0. The van der Waals surface area contributed by atoms with Crippen LogP contribution in [0.3, 0.4) is 0 Å². The maximum atomic E-state index is 5.90. The van der Waals surface area contributed by atoms with E-state index in [1.54, 1.807) is 0 Å². The van der Waals surface area contributed by atoms with E-state index in [-0.39, 0.29) is 0 Å². The summed E-state index contributed by atoms with van der Waals surface area (Å²) in [6, 6.07) is 0.784. The van der Waals surface area contributed by atoms with E-state index in [1.165, 1.54) is 37.9 Å². The van der Waals surface area contributed by atoms with E-state index in [2.05, 4.69) is 10.3 Å². The predicted molar refractivity (Wildman–Crippen MR) is 64.8 cm³/mol. The zero-order valence-corrected chi connectivity index (χ0v) is 10.2. The average molecular weight is 232 g/mol.